The number of aryl methyl sites for hydroxylation is 1. The van der Waals surface area contributed by atoms with E-state index in [4.69, 9.17) is 0 Å². The Kier molecular flexibility index (Phi) is 2.34. The van der Waals surface area contributed by atoms with Crippen LogP contribution in [0.25, 0.3) is 0 Å². The molecule has 1 aromatic carbocycles. The van der Waals surface area contributed by atoms with E-state index in [1.807, 2.05) is 0 Å². The fraction of sp³-hybridized carbons (Fsp3) is 0.533. The minimum absolute atomic E-state index is 0.310. The fourth-order valence-corrected chi connectivity index (χ4v) is 2.96. The molecule has 1 nitrogen and oxygen atoms in total. The van der Waals surface area contributed by atoms with Crippen LogP contribution in [0.4, 0.5) is 0 Å². The minimum atomic E-state index is 0.310. The Morgan fingerprint density at radius 1 is 1.25 bits per heavy atom. The molecule has 3 unspecified atom stereocenters. The molecule has 0 bridgehead atoms. The second-order valence-electron chi connectivity index (χ2n) is 5.43. The second kappa shape index (κ2) is 3.73. The highest BCUT2D eigenvalue weighted by Crippen LogP contribution is 2.42. The zero-order valence-corrected chi connectivity index (χ0v) is 9.78. The largest absolute Gasteiger partial charge is 0.299 e. The van der Waals surface area contributed by atoms with Gasteiger partial charge in [0.1, 0.15) is 5.78 Å². The van der Waals surface area contributed by atoms with Gasteiger partial charge in [-0.2, -0.15) is 0 Å². The first-order valence-electron chi connectivity index (χ1n) is 6.36. The Morgan fingerprint density at radius 3 is 2.62 bits per heavy atom. The Hall–Kier alpha value is -1.11. The number of ketones is 1. The zero-order valence-electron chi connectivity index (χ0n) is 9.78. The van der Waals surface area contributed by atoms with Gasteiger partial charge in [-0.05, 0) is 42.7 Å². The van der Waals surface area contributed by atoms with Crippen molar-refractivity contribution in [1.29, 1.82) is 0 Å². The second-order valence-corrected chi connectivity index (χ2v) is 5.43. The maximum atomic E-state index is 12.2. The van der Waals surface area contributed by atoms with Crippen molar-refractivity contribution in [3.05, 3.63) is 35.4 Å². The molecule has 0 N–H and O–H groups in total. The van der Waals surface area contributed by atoms with Crippen molar-refractivity contribution in [2.75, 3.05) is 0 Å². The average molecular weight is 214 g/mol. The molecule has 1 heteroatoms. The molecule has 1 saturated carbocycles. The molecule has 1 aromatic rings. The van der Waals surface area contributed by atoms with Gasteiger partial charge in [0.2, 0.25) is 0 Å². The molecule has 0 heterocycles. The Balaban J connectivity index is 1.75. The average Bonchev–Trinajstić information content (AvgIpc) is 3.05. The lowest BCUT2D eigenvalue weighted by Gasteiger charge is -2.23. The molecule has 16 heavy (non-hydrogen) atoms. The van der Waals surface area contributed by atoms with Crippen molar-refractivity contribution in [1.82, 2.24) is 0 Å². The summed E-state index contributed by atoms with van der Waals surface area (Å²) in [5, 5.41) is 0. The molecular weight excluding hydrogens is 196 g/mol. The van der Waals surface area contributed by atoms with Crippen LogP contribution in [-0.2, 0) is 17.6 Å². The van der Waals surface area contributed by atoms with Crippen LogP contribution < -0.4 is 0 Å². The van der Waals surface area contributed by atoms with Crippen molar-refractivity contribution >= 4 is 5.78 Å². The van der Waals surface area contributed by atoms with Gasteiger partial charge in [0.25, 0.3) is 0 Å². The molecule has 2 aliphatic rings. The summed E-state index contributed by atoms with van der Waals surface area (Å²) in [6, 6.07) is 8.58. The van der Waals surface area contributed by atoms with Gasteiger partial charge in [-0.25, -0.2) is 0 Å². The van der Waals surface area contributed by atoms with Gasteiger partial charge in [-0.15, -0.1) is 0 Å². The van der Waals surface area contributed by atoms with Gasteiger partial charge >= 0.3 is 0 Å². The predicted octanol–water partition coefficient (Wildman–Crippen LogP) is 3.02. The molecule has 3 rings (SSSR count). The third kappa shape index (κ3) is 1.68. The third-order valence-corrected chi connectivity index (χ3v) is 4.22. The fourth-order valence-electron chi connectivity index (χ4n) is 2.96. The molecule has 1 fully saturated rings. The van der Waals surface area contributed by atoms with Crippen molar-refractivity contribution in [3.63, 3.8) is 0 Å². The lowest BCUT2D eigenvalue weighted by Crippen LogP contribution is -2.24. The summed E-state index contributed by atoms with van der Waals surface area (Å²) in [4.78, 5) is 12.2. The highest BCUT2D eigenvalue weighted by molar-refractivity contribution is 5.86. The number of hydrogen-bond acceptors (Lipinski definition) is 1. The summed E-state index contributed by atoms with van der Waals surface area (Å²) in [7, 11) is 0. The van der Waals surface area contributed by atoms with Crippen molar-refractivity contribution < 1.29 is 4.79 Å². The summed E-state index contributed by atoms with van der Waals surface area (Å²) in [6.07, 6.45) is 4.28. The molecule has 0 aliphatic heterocycles. The van der Waals surface area contributed by atoms with Crippen LogP contribution in [-0.4, -0.2) is 5.78 Å². The number of carbonyl (C=O) groups excluding carboxylic acids is 1. The van der Waals surface area contributed by atoms with Gasteiger partial charge in [0, 0.05) is 11.8 Å². The summed E-state index contributed by atoms with van der Waals surface area (Å²) in [5.74, 6) is 1.91. The van der Waals surface area contributed by atoms with E-state index in [0.29, 0.717) is 23.5 Å². The molecule has 0 radical (unpaired) electrons. The highest BCUT2D eigenvalue weighted by atomic mass is 16.1. The SMILES string of the molecule is CC1CC1C(=O)C1CCc2ccccc2C1. The van der Waals surface area contributed by atoms with Crippen molar-refractivity contribution in [3.8, 4) is 0 Å². The molecular formula is C15H18O. The van der Waals surface area contributed by atoms with E-state index in [1.54, 1.807) is 0 Å². The Labute approximate surface area is 96.9 Å². The molecule has 0 saturated heterocycles. The van der Waals surface area contributed by atoms with E-state index < -0.39 is 0 Å². The number of carbonyl (C=O) groups is 1. The lowest BCUT2D eigenvalue weighted by molar-refractivity contribution is -0.124. The standard InChI is InChI=1S/C15H18O/c1-10-8-14(10)15(16)13-7-6-11-4-2-3-5-12(11)9-13/h2-5,10,13-14H,6-9H2,1H3. The number of hydrogen-bond donors (Lipinski definition) is 0. The van der Waals surface area contributed by atoms with E-state index >= 15 is 0 Å². The van der Waals surface area contributed by atoms with Gasteiger partial charge in [-0.3, -0.25) is 4.79 Å². The molecule has 3 atom stereocenters. The number of benzene rings is 1. The normalized spacial score (nSPS) is 31.9. The Morgan fingerprint density at radius 2 is 1.94 bits per heavy atom. The molecule has 0 spiro atoms. The predicted molar refractivity (Wildman–Crippen MR) is 64.2 cm³/mol. The van der Waals surface area contributed by atoms with Crippen LogP contribution >= 0.6 is 0 Å². The van der Waals surface area contributed by atoms with Crippen LogP contribution in [0.3, 0.4) is 0 Å². The topological polar surface area (TPSA) is 17.1 Å². The molecule has 0 aromatic heterocycles. The monoisotopic (exact) mass is 214 g/mol. The van der Waals surface area contributed by atoms with Crippen molar-refractivity contribution in [2.24, 2.45) is 17.8 Å². The van der Waals surface area contributed by atoms with E-state index in [-0.39, 0.29) is 0 Å². The maximum Gasteiger partial charge on any atom is 0.139 e. The van der Waals surface area contributed by atoms with Gasteiger partial charge in [0.05, 0.1) is 0 Å². The zero-order chi connectivity index (χ0) is 11.1. The summed E-state index contributed by atoms with van der Waals surface area (Å²) >= 11 is 0. The number of rotatable bonds is 2. The minimum Gasteiger partial charge on any atom is -0.299 e. The first-order valence-corrected chi connectivity index (χ1v) is 6.36. The first kappa shape index (κ1) is 10.1. The van der Waals surface area contributed by atoms with E-state index in [9.17, 15) is 4.79 Å². The van der Waals surface area contributed by atoms with E-state index in [1.165, 1.54) is 11.1 Å². The van der Waals surface area contributed by atoms with Crippen LogP contribution in [0.5, 0.6) is 0 Å². The highest BCUT2D eigenvalue weighted by Gasteiger charge is 2.42. The summed E-state index contributed by atoms with van der Waals surface area (Å²) < 4.78 is 0. The van der Waals surface area contributed by atoms with E-state index in [0.717, 1.165) is 25.7 Å². The third-order valence-electron chi connectivity index (χ3n) is 4.22. The van der Waals surface area contributed by atoms with Crippen LogP contribution in [0.2, 0.25) is 0 Å². The van der Waals surface area contributed by atoms with Crippen LogP contribution in [0.1, 0.15) is 30.9 Å². The maximum absolute atomic E-state index is 12.2. The molecule has 2 aliphatic carbocycles. The van der Waals surface area contributed by atoms with E-state index in [2.05, 4.69) is 31.2 Å². The summed E-state index contributed by atoms with van der Waals surface area (Å²) in [5.41, 5.74) is 2.86. The first-order chi connectivity index (χ1) is 7.75. The van der Waals surface area contributed by atoms with Crippen LogP contribution in [0.15, 0.2) is 24.3 Å². The Bertz CT molecular complexity index is 421. The van der Waals surface area contributed by atoms with Gasteiger partial charge in [0.15, 0.2) is 0 Å². The van der Waals surface area contributed by atoms with Gasteiger partial charge in [-0.1, -0.05) is 31.2 Å². The molecule has 84 valence electrons. The molecule has 0 amide bonds. The smallest absolute Gasteiger partial charge is 0.139 e. The quantitative estimate of drug-likeness (QED) is 0.739. The number of fused-ring (bicyclic) bond motifs is 1. The lowest BCUT2D eigenvalue weighted by atomic mass is 9.80. The van der Waals surface area contributed by atoms with Crippen molar-refractivity contribution in [2.45, 2.75) is 32.6 Å². The van der Waals surface area contributed by atoms with Crippen LogP contribution in [0, 0.1) is 17.8 Å². The van der Waals surface area contributed by atoms with Gasteiger partial charge < -0.3 is 0 Å². The summed E-state index contributed by atoms with van der Waals surface area (Å²) in [6.45, 7) is 2.19. The number of Topliss-reactive ketones (excluding diaryl/α,β-unsaturated/α-hetero) is 1.